The van der Waals surface area contributed by atoms with Crippen LogP contribution >= 0.6 is 0 Å². The second-order valence-electron chi connectivity index (χ2n) is 5.55. The maximum absolute atomic E-state index is 12.6. The van der Waals surface area contributed by atoms with Crippen molar-refractivity contribution in [1.29, 1.82) is 0 Å². The Hall–Kier alpha value is -2.46. The van der Waals surface area contributed by atoms with Gasteiger partial charge >= 0.3 is 12.0 Å². The van der Waals surface area contributed by atoms with Gasteiger partial charge in [-0.2, -0.15) is 4.31 Å². The molecule has 1 aromatic carbocycles. The van der Waals surface area contributed by atoms with Crippen LogP contribution in [0.1, 0.15) is 36.7 Å². The fraction of sp³-hybridized carbons (Fsp3) is 0.471. The van der Waals surface area contributed by atoms with E-state index in [4.69, 9.17) is 4.74 Å². The van der Waals surface area contributed by atoms with Gasteiger partial charge in [0.25, 0.3) is 5.91 Å². The highest BCUT2D eigenvalue weighted by molar-refractivity contribution is 7.89. The summed E-state index contributed by atoms with van der Waals surface area (Å²) in [5, 5.41) is 4.37. The molecule has 0 aliphatic carbocycles. The van der Waals surface area contributed by atoms with Gasteiger partial charge < -0.3 is 10.1 Å². The van der Waals surface area contributed by atoms with Crippen molar-refractivity contribution in [3.63, 3.8) is 0 Å². The monoisotopic (exact) mass is 399 g/mol. The standard InChI is InChI=1S/C17H25N3O6S/c1-5-18-17(23)19-15(21)11-26-16(22)14-10-13(9-8-12(14)4)27(24,25)20(6-2)7-3/h8-10H,5-7,11H2,1-4H3,(H2,18,19,21,23). The lowest BCUT2D eigenvalue weighted by molar-refractivity contribution is -0.123. The number of nitrogens with zero attached hydrogens (tertiary/aromatic N) is 1. The van der Waals surface area contributed by atoms with Crippen LogP contribution in [0, 0.1) is 6.92 Å². The van der Waals surface area contributed by atoms with Crippen molar-refractivity contribution in [2.24, 2.45) is 0 Å². The molecule has 150 valence electrons. The third kappa shape index (κ3) is 6.04. The van der Waals surface area contributed by atoms with Gasteiger partial charge in [0.2, 0.25) is 10.0 Å². The summed E-state index contributed by atoms with van der Waals surface area (Å²) in [5.41, 5.74) is 0.539. The minimum Gasteiger partial charge on any atom is -0.452 e. The first-order chi connectivity index (χ1) is 12.7. The number of aryl methyl sites for hydroxylation is 1. The van der Waals surface area contributed by atoms with Gasteiger partial charge in [0.15, 0.2) is 6.61 Å². The van der Waals surface area contributed by atoms with Gasteiger partial charge in [-0.25, -0.2) is 18.0 Å². The number of esters is 1. The van der Waals surface area contributed by atoms with Crippen LogP contribution in [0.4, 0.5) is 4.79 Å². The van der Waals surface area contributed by atoms with E-state index in [9.17, 15) is 22.8 Å². The van der Waals surface area contributed by atoms with E-state index in [-0.39, 0.29) is 10.5 Å². The van der Waals surface area contributed by atoms with Gasteiger partial charge in [-0.1, -0.05) is 19.9 Å². The molecule has 0 atom stereocenters. The summed E-state index contributed by atoms with van der Waals surface area (Å²) in [4.78, 5) is 35.1. The first-order valence-corrected chi connectivity index (χ1v) is 9.96. The molecule has 0 aromatic heterocycles. The van der Waals surface area contributed by atoms with Crippen molar-refractivity contribution in [3.8, 4) is 0 Å². The summed E-state index contributed by atoms with van der Waals surface area (Å²) in [5.74, 6) is -1.64. The predicted molar refractivity (Wildman–Crippen MR) is 98.8 cm³/mol. The van der Waals surface area contributed by atoms with E-state index < -0.39 is 34.5 Å². The Labute approximate surface area is 159 Å². The molecule has 9 nitrogen and oxygen atoms in total. The second-order valence-corrected chi connectivity index (χ2v) is 7.49. The smallest absolute Gasteiger partial charge is 0.338 e. The topological polar surface area (TPSA) is 122 Å². The third-order valence-electron chi connectivity index (χ3n) is 3.70. The van der Waals surface area contributed by atoms with Crippen molar-refractivity contribution >= 4 is 27.9 Å². The molecule has 0 heterocycles. The SMILES string of the molecule is CCNC(=O)NC(=O)COC(=O)c1cc(S(=O)(=O)N(CC)CC)ccc1C. The van der Waals surface area contributed by atoms with Crippen LogP contribution in [-0.2, 0) is 19.6 Å². The van der Waals surface area contributed by atoms with Gasteiger partial charge in [-0.3, -0.25) is 10.1 Å². The number of hydrogen-bond acceptors (Lipinski definition) is 6. The number of urea groups is 1. The van der Waals surface area contributed by atoms with E-state index in [1.54, 1.807) is 27.7 Å². The van der Waals surface area contributed by atoms with Crippen LogP contribution in [0.15, 0.2) is 23.1 Å². The van der Waals surface area contributed by atoms with Crippen LogP contribution < -0.4 is 10.6 Å². The molecule has 0 aliphatic rings. The quantitative estimate of drug-likeness (QED) is 0.630. The van der Waals surface area contributed by atoms with Crippen LogP contribution in [0.3, 0.4) is 0 Å². The lowest BCUT2D eigenvalue weighted by Gasteiger charge is -2.19. The molecule has 0 saturated carbocycles. The van der Waals surface area contributed by atoms with Crippen LogP contribution in [-0.4, -0.2) is 56.9 Å². The van der Waals surface area contributed by atoms with E-state index in [2.05, 4.69) is 5.32 Å². The Morgan fingerprint density at radius 3 is 2.30 bits per heavy atom. The zero-order valence-corrected chi connectivity index (χ0v) is 16.7. The highest BCUT2D eigenvalue weighted by Crippen LogP contribution is 2.20. The molecule has 27 heavy (non-hydrogen) atoms. The van der Waals surface area contributed by atoms with Crippen molar-refractivity contribution < 1.29 is 27.5 Å². The van der Waals surface area contributed by atoms with Crippen LogP contribution in [0.5, 0.6) is 0 Å². The minimum absolute atomic E-state index is 0.0319. The van der Waals surface area contributed by atoms with Crippen molar-refractivity contribution in [2.45, 2.75) is 32.6 Å². The maximum atomic E-state index is 12.6. The Morgan fingerprint density at radius 1 is 1.11 bits per heavy atom. The number of nitrogens with one attached hydrogen (secondary N) is 2. The van der Waals surface area contributed by atoms with Crippen molar-refractivity contribution in [3.05, 3.63) is 29.3 Å². The van der Waals surface area contributed by atoms with E-state index in [1.807, 2.05) is 5.32 Å². The molecule has 0 spiro atoms. The predicted octanol–water partition coefficient (Wildman–Crippen LogP) is 1.03. The molecular formula is C17H25N3O6S. The fourth-order valence-corrected chi connectivity index (χ4v) is 3.76. The van der Waals surface area contributed by atoms with E-state index in [1.165, 1.54) is 22.5 Å². The molecule has 0 aliphatic heterocycles. The summed E-state index contributed by atoms with van der Waals surface area (Å²) >= 11 is 0. The molecule has 0 bridgehead atoms. The van der Waals surface area contributed by atoms with Crippen molar-refractivity contribution in [1.82, 2.24) is 14.9 Å². The minimum atomic E-state index is -3.73. The molecule has 1 aromatic rings. The summed E-state index contributed by atoms with van der Waals surface area (Å²) in [6, 6.07) is 3.46. The van der Waals surface area contributed by atoms with Gasteiger partial charge in [0.1, 0.15) is 0 Å². The van der Waals surface area contributed by atoms with E-state index in [0.717, 1.165) is 0 Å². The van der Waals surface area contributed by atoms with E-state index in [0.29, 0.717) is 25.2 Å². The number of benzene rings is 1. The average molecular weight is 399 g/mol. The van der Waals surface area contributed by atoms with Gasteiger partial charge in [-0.15, -0.1) is 0 Å². The Morgan fingerprint density at radius 2 is 1.74 bits per heavy atom. The lowest BCUT2D eigenvalue weighted by Crippen LogP contribution is -2.41. The Kier molecular flexibility index (Phi) is 8.38. The molecule has 0 fully saturated rings. The largest absolute Gasteiger partial charge is 0.452 e. The number of rotatable bonds is 8. The zero-order chi connectivity index (χ0) is 20.6. The fourth-order valence-electron chi connectivity index (χ4n) is 2.27. The second kappa shape index (κ2) is 10.0. The van der Waals surface area contributed by atoms with Gasteiger partial charge in [0.05, 0.1) is 10.5 Å². The molecular weight excluding hydrogens is 374 g/mol. The van der Waals surface area contributed by atoms with Crippen LogP contribution in [0.25, 0.3) is 0 Å². The number of sulfonamides is 1. The summed E-state index contributed by atoms with van der Waals surface area (Å²) in [6.07, 6.45) is 0. The number of carbonyl (C=O) groups is 3. The number of carbonyl (C=O) groups excluding carboxylic acids is 3. The number of imide groups is 1. The van der Waals surface area contributed by atoms with Gasteiger partial charge in [0, 0.05) is 19.6 Å². The van der Waals surface area contributed by atoms with Crippen molar-refractivity contribution in [2.75, 3.05) is 26.2 Å². The first-order valence-electron chi connectivity index (χ1n) is 8.52. The number of hydrogen-bond donors (Lipinski definition) is 2. The normalized spacial score (nSPS) is 11.1. The highest BCUT2D eigenvalue weighted by atomic mass is 32.2. The summed E-state index contributed by atoms with van der Waals surface area (Å²) in [7, 11) is -3.73. The first kappa shape index (κ1) is 22.6. The Balaban J connectivity index is 2.92. The van der Waals surface area contributed by atoms with Gasteiger partial charge in [-0.05, 0) is 31.5 Å². The third-order valence-corrected chi connectivity index (χ3v) is 5.74. The molecule has 0 unspecified atom stereocenters. The lowest BCUT2D eigenvalue weighted by atomic mass is 10.1. The van der Waals surface area contributed by atoms with E-state index >= 15 is 0 Å². The zero-order valence-electron chi connectivity index (χ0n) is 15.9. The maximum Gasteiger partial charge on any atom is 0.338 e. The summed E-state index contributed by atoms with van der Waals surface area (Å²) in [6.45, 7) is 7.02. The average Bonchev–Trinajstić information content (AvgIpc) is 2.60. The molecule has 3 amide bonds. The highest BCUT2D eigenvalue weighted by Gasteiger charge is 2.24. The molecule has 0 saturated heterocycles. The Bertz CT molecular complexity index is 803. The van der Waals surface area contributed by atoms with Crippen LogP contribution in [0.2, 0.25) is 0 Å². The molecule has 0 radical (unpaired) electrons. The molecule has 1 rings (SSSR count). The molecule has 10 heteroatoms. The molecule has 2 N–H and O–H groups in total. The number of ether oxygens (including phenoxy) is 1. The number of amides is 3. The summed E-state index contributed by atoms with van der Waals surface area (Å²) < 4.78 is 31.4.